The lowest BCUT2D eigenvalue weighted by atomic mass is 10.2. The van der Waals surface area contributed by atoms with Crippen molar-refractivity contribution >= 4 is 0 Å². The number of rotatable bonds is 10. The number of unbranched alkanes of at least 4 members (excludes halogenated alkanes) is 2. The van der Waals surface area contributed by atoms with Gasteiger partial charge in [-0.25, -0.2) is 0 Å². The quantitative estimate of drug-likeness (QED) is 0.581. The molecular formula is C21H25NO2. The molecule has 126 valence electrons. The van der Waals surface area contributed by atoms with Crippen LogP contribution in [0, 0.1) is 11.3 Å². The standard InChI is InChI=1S/C21H25NO2/c1-2-18-6-10-20(11-7-18)23-16-4-3-5-17-24-21-12-8-19(9-13-21)14-15-22/h6-13H,2-5,14,16-17H2,1H3. The molecule has 0 aromatic heterocycles. The highest BCUT2D eigenvalue weighted by molar-refractivity contribution is 5.28. The summed E-state index contributed by atoms with van der Waals surface area (Å²) in [4.78, 5) is 0. The molecule has 0 aliphatic carbocycles. The summed E-state index contributed by atoms with van der Waals surface area (Å²) < 4.78 is 11.4. The zero-order chi connectivity index (χ0) is 17.0. The van der Waals surface area contributed by atoms with E-state index in [9.17, 15) is 0 Å². The summed E-state index contributed by atoms with van der Waals surface area (Å²) >= 11 is 0. The maximum Gasteiger partial charge on any atom is 0.119 e. The van der Waals surface area contributed by atoms with Gasteiger partial charge in [0.25, 0.3) is 0 Å². The van der Waals surface area contributed by atoms with Gasteiger partial charge in [0.1, 0.15) is 11.5 Å². The van der Waals surface area contributed by atoms with Crippen LogP contribution in [0.15, 0.2) is 48.5 Å². The zero-order valence-electron chi connectivity index (χ0n) is 14.3. The van der Waals surface area contributed by atoms with Crippen LogP contribution in [0.25, 0.3) is 0 Å². The lowest BCUT2D eigenvalue weighted by Gasteiger charge is -2.08. The molecule has 0 fully saturated rings. The highest BCUT2D eigenvalue weighted by Gasteiger charge is 1.97. The molecule has 0 heterocycles. The Bertz CT molecular complexity index is 626. The van der Waals surface area contributed by atoms with Crippen LogP contribution in [-0.4, -0.2) is 13.2 Å². The van der Waals surface area contributed by atoms with E-state index in [1.807, 2.05) is 36.4 Å². The predicted molar refractivity (Wildman–Crippen MR) is 96.4 cm³/mol. The molecule has 3 heteroatoms. The lowest BCUT2D eigenvalue weighted by molar-refractivity contribution is 0.279. The molecule has 0 aliphatic rings. The van der Waals surface area contributed by atoms with Crippen LogP contribution < -0.4 is 9.47 Å². The molecule has 0 radical (unpaired) electrons. The number of hydrogen-bond donors (Lipinski definition) is 0. The molecule has 24 heavy (non-hydrogen) atoms. The molecule has 0 atom stereocenters. The highest BCUT2D eigenvalue weighted by atomic mass is 16.5. The smallest absolute Gasteiger partial charge is 0.119 e. The third-order valence-corrected chi connectivity index (χ3v) is 3.86. The monoisotopic (exact) mass is 323 g/mol. The van der Waals surface area contributed by atoms with E-state index < -0.39 is 0 Å². The summed E-state index contributed by atoms with van der Waals surface area (Å²) in [7, 11) is 0. The summed E-state index contributed by atoms with van der Waals surface area (Å²) in [6.07, 6.45) is 4.63. The fourth-order valence-electron chi connectivity index (χ4n) is 2.38. The van der Waals surface area contributed by atoms with Crippen LogP contribution in [0.4, 0.5) is 0 Å². The van der Waals surface area contributed by atoms with Crippen LogP contribution in [-0.2, 0) is 12.8 Å². The van der Waals surface area contributed by atoms with E-state index >= 15 is 0 Å². The first-order chi connectivity index (χ1) is 11.8. The topological polar surface area (TPSA) is 42.2 Å². The summed E-state index contributed by atoms with van der Waals surface area (Å²) in [6.45, 7) is 3.61. The van der Waals surface area contributed by atoms with Gasteiger partial charge in [-0.05, 0) is 61.1 Å². The van der Waals surface area contributed by atoms with E-state index in [-0.39, 0.29) is 0 Å². The first-order valence-corrected chi connectivity index (χ1v) is 8.62. The Kier molecular flexibility index (Phi) is 7.70. The van der Waals surface area contributed by atoms with Crippen LogP contribution in [0.2, 0.25) is 0 Å². The van der Waals surface area contributed by atoms with Crippen molar-refractivity contribution in [1.29, 1.82) is 5.26 Å². The fraction of sp³-hybridized carbons (Fsp3) is 0.381. The van der Waals surface area contributed by atoms with Crippen molar-refractivity contribution in [3.05, 3.63) is 59.7 Å². The van der Waals surface area contributed by atoms with Crippen molar-refractivity contribution < 1.29 is 9.47 Å². The summed E-state index contributed by atoms with van der Waals surface area (Å²) in [5.41, 5.74) is 2.36. The number of benzene rings is 2. The Balaban J connectivity index is 1.54. The Morgan fingerprint density at radius 3 is 1.71 bits per heavy atom. The van der Waals surface area contributed by atoms with Gasteiger partial charge < -0.3 is 9.47 Å². The predicted octanol–water partition coefficient (Wildman–Crippen LogP) is 4.94. The van der Waals surface area contributed by atoms with Crippen LogP contribution >= 0.6 is 0 Å². The van der Waals surface area contributed by atoms with Gasteiger partial charge in [0.15, 0.2) is 0 Å². The molecule has 0 N–H and O–H groups in total. The van der Waals surface area contributed by atoms with Gasteiger partial charge in [-0.15, -0.1) is 0 Å². The first kappa shape index (κ1) is 17.9. The molecule has 0 spiro atoms. The SMILES string of the molecule is CCc1ccc(OCCCCCOc2ccc(CC#N)cc2)cc1. The Labute approximate surface area is 144 Å². The normalized spacial score (nSPS) is 10.2. The van der Waals surface area contributed by atoms with Crippen molar-refractivity contribution in [2.45, 2.75) is 39.0 Å². The van der Waals surface area contributed by atoms with Crippen LogP contribution in [0.5, 0.6) is 11.5 Å². The Morgan fingerprint density at radius 2 is 1.25 bits per heavy atom. The number of nitriles is 1. The van der Waals surface area contributed by atoms with Gasteiger partial charge in [-0.3, -0.25) is 0 Å². The summed E-state index contributed by atoms with van der Waals surface area (Å²) in [5.74, 6) is 1.81. The van der Waals surface area contributed by atoms with Gasteiger partial charge in [0.05, 0.1) is 25.7 Å². The van der Waals surface area contributed by atoms with Gasteiger partial charge in [0, 0.05) is 0 Å². The maximum atomic E-state index is 8.64. The third kappa shape index (κ3) is 6.34. The minimum Gasteiger partial charge on any atom is -0.494 e. The summed E-state index contributed by atoms with van der Waals surface area (Å²) in [5, 5.41) is 8.64. The minimum absolute atomic E-state index is 0.446. The second-order valence-electron chi connectivity index (χ2n) is 5.73. The lowest BCUT2D eigenvalue weighted by Crippen LogP contribution is -2.01. The Hall–Kier alpha value is -2.47. The van der Waals surface area contributed by atoms with Crippen molar-refractivity contribution in [3.8, 4) is 17.6 Å². The van der Waals surface area contributed by atoms with Crippen LogP contribution in [0.1, 0.15) is 37.3 Å². The molecule has 0 saturated heterocycles. The van der Waals surface area contributed by atoms with Gasteiger partial charge >= 0.3 is 0 Å². The Morgan fingerprint density at radius 1 is 0.750 bits per heavy atom. The second-order valence-corrected chi connectivity index (χ2v) is 5.73. The van der Waals surface area contributed by atoms with Crippen LogP contribution in [0.3, 0.4) is 0 Å². The third-order valence-electron chi connectivity index (χ3n) is 3.86. The van der Waals surface area contributed by atoms with Crippen molar-refractivity contribution in [3.63, 3.8) is 0 Å². The van der Waals surface area contributed by atoms with Crippen molar-refractivity contribution in [2.75, 3.05) is 13.2 Å². The number of nitrogens with zero attached hydrogens (tertiary/aromatic N) is 1. The molecule has 0 saturated carbocycles. The van der Waals surface area contributed by atoms with Gasteiger partial charge in [-0.2, -0.15) is 5.26 Å². The molecule has 0 bridgehead atoms. The van der Waals surface area contributed by atoms with E-state index in [1.54, 1.807) is 0 Å². The zero-order valence-corrected chi connectivity index (χ0v) is 14.3. The number of aryl methyl sites for hydroxylation is 1. The molecule has 2 rings (SSSR count). The average Bonchev–Trinajstić information content (AvgIpc) is 2.63. The number of hydrogen-bond acceptors (Lipinski definition) is 3. The van der Waals surface area contributed by atoms with Crippen molar-refractivity contribution in [2.24, 2.45) is 0 Å². The first-order valence-electron chi connectivity index (χ1n) is 8.62. The van der Waals surface area contributed by atoms with Gasteiger partial charge in [-0.1, -0.05) is 31.2 Å². The van der Waals surface area contributed by atoms with E-state index in [4.69, 9.17) is 14.7 Å². The van der Waals surface area contributed by atoms with E-state index in [0.29, 0.717) is 13.0 Å². The molecule has 0 unspecified atom stereocenters. The van der Waals surface area contributed by atoms with Gasteiger partial charge in [0.2, 0.25) is 0 Å². The van der Waals surface area contributed by atoms with E-state index in [0.717, 1.165) is 49.4 Å². The second kappa shape index (κ2) is 10.3. The highest BCUT2D eigenvalue weighted by Crippen LogP contribution is 2.14. The van der Waals surface area contributed by atoms with E-state index in [2.05, 4.69) is 25.1 Å². The molecule has 0 aliphatic heterocycles. The fourth-order valence-corrected chi connectivity index (χ4v) is 2.38. The molecule has 2 aromatic rings. The molecule has 2 aromatic carbocycles. The largest absolute Gasteiger partial charge is 0.494 e. The summed E-state index contributed by atoms with van der Waals surface area (Å²) in [6, 6.07) is 18.2. The van der Waals surface area contributed by atoms with E-state index in [1.165, 1.54) is 5.56 Å². The molecule has 0 amide bonds. The molecular weight excluding hydrogens is 298 g/mol. The maximum absolute atomic E-state index is 8.64. The average molecular weight is 323 g/mol. The molecule has 3 nitrogen and oxygen atoms in total. The number of ether oxygens (including phenoxy) is 2. The minimum atomic E-state index is 0.446. The van der Waals surface area contributed by atoms with Crippen molar-refractivity contribution in [1.82, 2.24) is 0 Å².